The molecule has 0 atom stereocenters. The number of allylic oxidation sites excluding steroid dienone is 2. The molecule has 0 amide bonds. The standard InChI is InChI=1S/C21H26N2O4/c1-15-17(19(25)21(27-3)20(26-2)18(15)24)14-23-11-9-22(10-12-23)13-16-7-5-4-6-8-16/h4-8H,9-14H2,1-3H3. The fraction of sp³-hybridized carbons (Fsp3) is 0.429. The van der Waals surface area contributed by atoms with Gasteiger partial charge < -0.3 is 9.47 Å². The van der Waals surface area contributed by atoms with Crippen molar-refractivity contribution in [3.63, 3.8) is 0 Å². The molecule has 144 valence electrons. The summed E-state index contributed by atoms with van der Waals surface area (Å²) in [7, 11) is 2.77. The summed E-state index contributed by atoms with van der Waals surface area (Å²) in [6, 6.07) is 10.4. The van der Waals surface area contributed by atoms with Crippen LogP contribution in [0, 0.1) is 0 Å². The molecule has 1 heterocycles. The summed E-state index contributed by atoms with van der Waals surface area (Å²) in [4.78, 5) is 29.9. The molecule has 1 fully saturated rings. The van der Waals surface area contributed by atoms with Crippen molar-refractivity contribution >= 4 is 11.6 Å². The normalized spacial score (nSPS) is 19.7. The zero-order valence-corrected chi connectivity index (χ0v) is 16.2. The van der Waals surface area contributed by atoms with Crippen LogP contribution in [0.5, 0.6) is 0 Å². The number of hydrogen-bond donors (Lipinski definition) is 0. The van der Waals surface area contributed by atoms with Crippen LogP contribution in [0.1, 0.15) is 12.5 Å². The van der Waals surface area contributed by atoms with Gasteiger partial charge in [0.2, 0.25) is 23.1 Å². The number of carbonyl (C=O) groups is 2. The topological polar surface area (TPSA) is 59.1 Å². The number of Topliss-reactive ketones (excluding diaryl/α,β-unsaturated/α-hetero) is 2. The number of rotatable bonds is 6. The number of nitrogens with zero attached hydrogens (tertiary/aromatic N) is 2. The van der Waals surface area contributed by atoms with E-state index in [2.05, 4.69) is 34.1 Å². The van der Waals surface area contributed by atoms with Crippen molar-refractivity contribution in [3.8, 4) is 0 Å². The van der Waals surface area contributed by atoms with Crippen LogP contribution < -0.4 is 0 Å². The monoisotopic (exact) mass is 370 g/mol. The number of benzene rings is 1. The van der Waals surface area contributed by atoms with Crippen LogP contribution in [0.15, 0.2) is 53.0 Å². The van der Waals surface area contributed by atoms with Gasteiger partial charge in [-0.05, 0) is 12.5 Å². The van der Waals surface area contributed by atoms with E-state index in [1.54, 1.807) is 6.92 Å². The van der Waals surface area contributed by atoms with Crippen molar-refractivity contribution in [2.45, 2.75) is 13.5 Å². The zero-order valence-electron chi connectivity index (χ0n) is 16.2. The average Bonchev–Trinajstić information content (AvgIpc) is 2.70. The van der Waals surface area contributed by atoms with Crippen molar-refractivity contribution in [1.29, 1.82) is 0 Å². The molecule has 0 N–H and O–H groups in total. The van der Waals surface area contributed by atoms with Gasteiger partial charge in [0.05, 0.1) is 14.2 Å². The molecular weight excluding hydrogens is 344 g/mol. The summed E-state index contributed by atoms with van der Waals surface area (Å²) in [6.45, 7) is 6.65. The predicted molar refractivity (Wildman–Crippen MR) is 102 cm³/mol. The molecule has 0 saturated carbocycles. The Bertz CT molecular complexity index is 775. The second kappa shape index (κ2) is 8.50. The van der Waals surface area contributed by atoms with E-state index in [9.17, 15) is 9.59 Å². The highest BCUT2D eigenvalue weighted by atomic mass is 16.5. The van der Waals surface area contributed by atoms with Crippen LogP contribution in [-0.2, 0) is 25.6 Å². The van der Waals surface area contributed by atoms with Gasteiger partial charge in [-0.2, -0.15) is 0 Å². The highest BCUT2D eigenvalue weighted by Gasteiger charge is 2.35. The third-order valence-electron chi connectivity index (χ3n) is 5.19. The molecule has 2 aliphatic rings. The molecule has 6 nitrogen and oxygen atoms in total. The lowest BCUT2D eigenvalue weighted by Gasteiger charge is -2.35. The van der Waals surface area contributed by atoms with Crippen LogP contribution in [0.2, 0.25) is 0 Å². The molecule has 27 heavy (non-hydrogen) atoms. The third kappa shape index (κ3) is 4.12. The van der Waals surface area contributed by atoms with Crippen molar-refractivity contribution in [2.75, 3.05) is 46.9 Å². The minimum Gasteiger partial charge on any atom is -0.489 e. The molecule has 1 aromatic carbocycles. The van der Waals surface area contributed by atoms with Gasteiger partial charge in [0, 0.05) is 50.4 Å². The molecule has 0 radical (unpaired) electrons. The Kier molecular flexibility index (Phi) is 6.08. The quantitative estimate of drug-likeness (QED) is 0.712. The number of ketones is 2. The van der Waals surface area contributed by atoms with E-state index < -0.39 is 0 Å². The lowest BCUT2D eigenvalue weighted by atomic mass is 9.92. The van der Waals surface area contributed by atoms with E-state index >= 15 is 0 Å². The maximum absolute atomic E-state index is 12.8. The summed E-state index contributed by atoms with van der Waals surface area (Å²) >= 11 is 0. The van der Waals surface area contributed by atoms with Gasteiger partial charge >= 0.3 is 0 Å². The van der Waals surface area contributed by atoms with Crippen molar-refractivity contribution in [2.24, 2.45) is 0 Å². The fourth-order valence-electron chi connectivity index (χ4n) is 3.55. The molecule has 1 aliphatic heterocycles. The molecular formula is C21H26N2O4. The summed E-state index contributed by atoms with van der Waals surface area (Å²) in [5, 5.41) is 0. The van der Waals surface area contributed by atoms with Crippen molar-refractivity contribution in [3.05, 3.63) is 58.6 Å². The molecule has 1 saturated heterocycles. The van der Waals surface area contributed by atoms with Gasteiger partial charge in [0.25, 0.3) is 0 Å². The Labute approximate surface area is 160 Å². The number of carbonyl (C=O) groups excluding carboxylic acids is 2. The first-order valence-electron chi connectivity index (χ1n) is 9.15. The van der Waals surface area contributed by atoms with E-state index in [1.165, 1.54) is 19.8 Å². The predicted octanol–water partition coefficient (Wildman–Crippen LogP) is 1.78. The van der Waals surface area contributed by atoms with Gasteiger partial charge in [-0.25, -0.2) is 0 Å². The molecule has 1 aliphatic carbocycles. The average molecular weight is 370 g/mol. The van der Waals surface area contributed by atoms with Gasteiger partial charge in [-0.3, -0.25) is 19.4 Å². The van der Waals surface area contributed by atoms with E-state index in [1.807, 2.05) is 6.07 Å². The Balaban J connectivity index is 1.62. The lowest BCUT2D eigenvalue weighted by molar-refractivity contribution is -0.121. The zero-order chi connectivity index (χ0) is 19.4. The van der Waals surface area contributed by atoms with Gasteiger partial charge in [-0.15, -0.1) is 0 Å². The van der Waals surface area contributed by atoms with Crippen molar-refractivity contribution in [1.82, 2.24) is 9.80 Å². The molecule has 6 heteroatoms. The highest BCUT2D eigenvalue weighted by molar-refractivity contribution is 6.23. The number of methoxy groups -OCH3 is 2. The first-order valence-corrected chi connectivity index (χ1v) is 9.15. The largest absolute Gasteiger partial charge is 0.489 e. The first kappa shape index (κ1) is 19.3. The summed E-state index contributed by atoms with van der Waals surface area (Å²) in [5.74, 6) is -0.521. The number of hydrogen-bond acceptors (Lipinski definition) is 6. The highest BCUT2D eigenvalue weighted by Crippen LogP contribution is 2.26. The molecule has 0 bridgehead atoms. The Hall–Kier alpha value is -2.44. The Morgan fingerprint density at radius 2 is 1.33 bits per heavy atom. The maximum Gasteiger partial charge on any atom is 0.229 e. The number of ether oxygens (including phenoxy) is 2. The van der Waals surface area contributed by atoms with Crippen LogP contribution in [0.3, 0.4) is 0 Å². The molecule has 0 unspecified atom stereocenters. The van der Waals surface area contributed by atoms with Crippen LogP contribution in [0.25, 0.3) is 0 Å². The van der Waals surface area contributed by atoms with Gasteiger partial charge in [-0.1, -0.05) is 30.3 Å². The van der Waals surface area contributed by atoms with E-state index in [0.717, 1.165) is 32.7 Å². The Morgan fingerprint density at radius 1 is 0.815 bits per heavy atom. The summed E-state index contributed by atoms with van der Waals surface area (Å²) in [6.07, 6.45) is 0. The molecule has 0 spiro atoms. The van der Waals surface area contributed by atoms with Crippen LogP contribution in [0.4, 0.5) is 0 Å². The van der Waals surface area contributed by atoms with Crippen LogP contribution >= 0.6 is 0 Å². The maximum atomic E-state index is 12.8. The van der Waals surface area contributed by atoms with E-state index in [-0.39, 0.29) is 23.1 Å². The fourth-order valence-corrected chi connectivity index (χ4v) is 3.55. The van der Waals surface area contributed by atoms with Crippen LogP contribution in [-0.4, -0.2) is 68.3 Å². The van der Waals surface area contributed by atoms with Crippen molar-refractivity contribution < 1.29 is 19.1 Å². The molecule has 0 aromatic heterocycles. The van der Waals surface area contributed by atoms with E-state index in [0.29, 0.717) is 17.7 Å². The SMILES string of the molecule is COC1=C(OC)C(=O)C(CN2CCN(Cc3ccccc3)CC2)=C(C)C1=O. The Morgan fingerprint density at radius 3 is 1.89 bits per heavy atom. The van der Waals surface area contributed by atoms with Gasteiger partial charge in [0.15, 0.2) is 0 Å². The molecule has 1 aromatic rings. The summed E-state index contributed by atoms with van der Waals surface area (Å²) < 4.78 is 10.2. The first-order chi connectivity index (χ1) is 13.0. The van der Waals surface area contributed by atoms with E-state index in [4.69, 9.17) is 9.47 Å². The van der Waals surface area contributed by atoms with Gasteiger partial charge in [0.1, 0.15) is 0 Å². The summed E-state index contributed by atoms with van der Waals surface area (Å²) in [5.41, 5.74) is 2.26. The second-order valence-corrected chi connectivity index (χ2v) is 6.87. The molecule has 3 rings (SSSR count). The lowest BCUT2D eigenvalue weighted by Crippen LogP contribution is -2.47. The smallest absolute Gasteiger partial charge is 0.229 e. The third-order valence-corrected chi connectivity index (χ3v) is 5.19. The number of piperazine rings is 1. The minimum atomic E-state index is -0.272. The second-order valence-electron chi connectivity index (χ2n) is 6.87. The minimum absolute atomic E-state index is 0.00331.